The first-order valence-electron chi connectivity index (χ1n) is 7.92. The summed E-state index contributed by atoms with van der Waals surface area (Å²) in [6, 6.07) is 5.64. The van der Waals surface area contributed by atoms with Crippen LogP contribution in [0, 0.1) is 0 Å². The number of fused-ring (bicyclic) bond motifs is 1. The van der Waals surface area contributed by atoms with Crippen LogP contribution in [0.5, 0.6) is 0 Å². The van der Waals surface area contributed by atoms with E-state index >= 15 is 0 Å². The lowest BCUT2D eigenvalue weighted by atomic mass is 10.1. The second kappa shape index (κ2) is 5.72. The number of benzene rings is 1. The molecule has 0 bridgehead atoms. The van der Waals surface area contributed by atoms with Crippen LogP contribution in [0.3, 0.4) is 0 Å². The number of anilines is 1. The SMILES string of the molecule is CC(C)(C)OC(=O)N1CCCC(n2nnc3ccc(N)cc32)C1. The van der Waals surface area contributed by atoms with E-state index < -0.39 is 5.60 Å². The molecule has 124 valence electrons. The monoisotopic (exact) mass is 317 g/mol. The normalized spacial score (nSPS) is 19.1. The molecule has 7 heteroatoms. The van der Waals surface area contributed by atoms with Gasteiger partial charge in [-0.05, 0) is 51.8 Å². The van der Waals surface area contributed by atoms with Crippen molar-refractivity contribution in [3.63, 3.8) is 0 Å². The van der Waals surface area contributed by atoms with Crippen LogP contribution in [0.1, 0.15) is 39.7 Å². The molecule has 1 aromatic carbocycles. The first-order chi connectivity index (χ1) is 10.8. The van der Waals surface area contributed by atoms with E-state index in [2.05, 4.69) is 10.3 Å². The molecule has 1 saturated heterocycles. The highest BCUT2D eigenvalue weighted by Crippen LogP contribution is 2.26. The van der Waals surface area contributed by atoms with E-state index in [9.17, 15) is 4.79 Å². The quantitative estimate of drug-likeness (QED) is 0.817. The molecule has 1 atom stereocenters. The predicted octanol–water partition coefficient (Wildman–Crippen LogP) is 2.59. The Bertz CT molecular complexity index is 719. The Morgan fingerprint density at radius 1 is 1.39 bits per heavy atom. The molecule has 0 radical (unpaired) electrons. The molecule has 1 fully saturated rings. The largest absolute Gasteiger partial charge is 0.444 e. The number of aromatic nitrogens is 3. The molecule has 1 aliphatic heterocycles. The summed E-state index contributed by atoms with van der Waals surface area (Å²) in [5, 5.41) is 8.45. The van der Waals surface area contributed by atoms with E-state index in [1.807, 2.05) is 43.7 Å². The Balaban J connectivity index is 1.80. The molecular formula is C16H23N5O2. The third-order valence-electron chi connectivity index (χ3n) is 3.89. The number of likely N-dealkylation sites (tertiary alicyclic amines) is 1. The third-order valence-corrected chi connectivity index (χ3v) is 3.89. The highest BCUT2D eigenvalue weighted by atomic mass is 16.6. The van der Waals surface area contributed by atoms with Gasteiger partial charge >= 0.3 is 6.09 Å². The summed E-state index contributed by atoms with van der Waals surface area (Å²) < 4.78 is 7.35. The Morgan fingerprint density at radius 2 is 2.17 bits per heavy atom. The van der Waals surface area contributed by atoms with Crippen molar-refractivity contribution in [3.05, 3.63) is 18.2 Å². The van der Waals surface area contributed by atoms with Crippen LogP contribution in [-0.4, -0.2) is 44.7 Å². The van der Waals surface area contributed by atoms with Crippen molar-refractivity contribution in [1.82, 2.24) is 19.9 Å². The van der Waals surface area contributed by atoms with Gasteiger partial charge in [-0.1, -0.05) is 5.21 Å². The van der Waals surface area contributed by atoms with Gasteiger partial charge in [0.1, 0.15) is 11.1 Å². The molecular weight excluding hydrogens is 294 g/mol. The second-order valence-corrected chi connectivity index (χ2v) is 7.00. The topological polar surface area (TPSA) is 86.3 Å². The van der Waals surface area contributed by atoms with Gasteiger partial charge in [0, 0.05) is 18.8 Å². The van der Waals surface area contributed by atoms with Gasteiger partial charge in [-0.3, -0.25) is 0 Å². The van der Waals surface area contributed by atoms with Gasteiger partial charge in [-0.25, -0.2) is 9.48 Å². The molecule has 2 aromatic rings. The van der Waals surface area contributed by atoms with Gasteiger partial charge in [0.2, 0.25) is 0 Å². The number of nitrogen functional groups attached to an aromatic ring is 1. The number of amides is 1. The molecule has 2 heterocycles. The standard InChI is InChI=1S/C16H23N5O2/c1-16(2,3)23-15(22)20-8-4-5-12(10-20)21-14-9-11(17)6-7-13(14)18-19-21/h6-7,9,12H,4-5,8,10,17H2,1-3H3. The van der Waals surface area contributed by atoms with Crippen molar-refractivity contribution in [2.45, 2.75) is 45.3 Å². The van der Waals surface area contributed by atoms with E-state index in [0.717, 1.165) is 23.9 Å². The van der Waals surface area contributed by atoms with Crippen molar-refractivity contribution in [1.29, 1.82) is 0 Å². The third kappa shape index (κ3) is 3.38. The van der Waals surface area contributed by atoms with Gasteiger partial charge in [0.15, 0.2) is 0 Å². The number of ether oxygens (including phenoxy) is 1. The van der Waals surface area contributed by atoms with Crippen molar-refractivity contribution >= 4 is 22.8 Å². The number of nitrogens with two attached hydrogens (primary N) is 1. The van der Waals surface area contributed by atoms with Crippen molar-refractivity contribution in [3.8, 4) is 0 Å². The van der Waals surface area contributed by atoms with E-state index in [-0.39, 0.29) is 12.1 Å². The highest BCUT2D eigenvalue weighted by Gasteiger charge is 2.29. The van der Waals surface area contributed by atoms with Gasteiger partial charge in [-0.2, -0.15) is 0 Å². The van der Waals surface area contributed by atoms with Crippen LogP contribution >= 0.6 is 0 Å². The fraction of sp³-hybridized carbons (Fsp3) is 0.562. The molecule has 0 aliphatic carbocycles. The van der Waals surface area contributed by atoms with E-state index in [1.54, 1.807) is 4.90 Å². The van der Waals surface area contributed by atoms with Gasteiger partial charge in [-0.15, -0.1) is 5.10 Å². The summed E-state index contributed by atoms with van der Waals surface area (Å²) in [6.07, 6.45) is 1.59. The fourth-order valence-electron chi connectivity index (χ4n) is 2.87. The van der Waals surface area contributed by atoms with Crippen LogP contribution in [-0.2, 0) is 4.74 Å². The molecule has 2 N–H and O–H groups in total. The average Bonchev–Trinajstić information content (AvgIpc) is 2.88. The molecule has 1 unspecified atom stereocenters. The minimum absolute atomic E-state index is 0.0862. The molecule has 0 saturated carbocycles. The minimum Gasteiger partial charge on any atom is -0.444 e. The van der Waals surface area contributed by atoms with Crippen LogP contribution < -0.4 is 5.73 Å². The van der Waals surface area contributed by atoms with Crippen LogP contribution in [0.15, 0.2) is 18.2 Å². The Kier molecular flexibility index (Phi) is 3.87. The number of hydrogen-bond acceptors (Lipinski definition) is 5. The zero-order valence-corrected chi connectivity index (χ0v) is 13.8. The summed E-state index contributed by atoms with van der Waals surface area (Å²) in [5.74, 6) is 0. The number of rotatable bonds is 1. The van der Waals surface area contributed by atoms with Crippen LogP contribution in [0.2, 0.25) is 0 Å². The van der Waals surface area contributed by atoms with E-state index in [1.165, 1.54) is 0 Å². The average molecular weight is 317 g/mol. The molecule has 3 rings (SSSR count). The zero-order chi connectivity index (χ0) is 16.6. The molecule has 23 heavy (non-hydrogen) atoms. The number of carbonyl (C=O) groups excluding carboxylic acids is 1. The number of piperidine rings is 1. The second-order valence-electron chi connectivity index (χ2n) is 7.00. The molecule has 1 amide bonds. The number of carbonyl (C=O) groups is 1. The van der Waals surface area contributed by atoms with E-state index in [0.29, 0.717) is 18.8 Å². The minimum atomic E-state index is -0.488. The lowest BCUT2D eigenvalue weighted by molar-refractivity contribution is 0.0168. The maximum atomic E-state index is 12.3. The first kappa shape index (κ1) is 15.6. The first-order valence-corrected chi connectivity index (χ1v) is 7.92. The number of hydrogen-bond donors (Lipinski definition) is 1. The van der Waals surface area contributed by atoms with Crippen LogP contribution in [0.25, 0.3) is 11.0 Å². The summed E-state index contributed by atoms with van der Waals surface area (Å²) in [6.45, 7) is 6.91. The maximum absolute atomic E-state index is 12.3. The van der Waals surface area contributed by atoms with Gasteiger partial charge in [0.25, 0.3) is 0 Å². The number of nitrogens with zero attached hydrogens (tertiary/aromatic N) is 4. The molecule has 0 spiro atoms. The van der Waals surface area contributed by atoms with Crippen LogP contribution in [0.4, 0.5) is 10.5 Å². The van der Waals surface area contributed by atoms with Gasteiger partial charge in [0.05, 0.1) is 11.6 Å². The van der Waals surface area contributed by atoms with E-state index in [4.69, 9.17) is 10.5 Å². The molecule has 7 nitrogen and oxygen atoms in total. The summed E-state index contributed by atoms with van der Waals surface area (Å²) in [7, 11) is 0. The lowest BCUT2D eigenvalue weighted by Crippen LogP contribution is -2.43. The fourth-order valence-corrected chi connectivity index (χ4v) is 2.87. The zero-order valence-electron chi connectivity index (χ0n) is 13.8. The Labute approximate surface area is 135 Å². The van der Waals surface area contributed by atoms with Gasteiger partial charge < -0.3 is 15.4 Å². The maximum Gasteiger partial charge on any atom is 0.410 e. The predicted molar refractivity (Wildman–Crippen MR) is 88.0 cm³/mol. The van der Waals surface area contributed by atoms with Crippen molar-refractivity contribution in [2.24, 2.45) is 0 Å². The van der Waals surface area contributed by atoms with Crippen molar-refractivity contribution < 1.29 is 9.53 Å². The summed E-state index contributed by atoms with van der Waals surface area (Å²) in [4.78, 5) is 14.0. The Hall–Kier alpha value is -2.31. The van der Waals surface area contributed by atoms with Crippen molar-refractivity contribution in [2.75, 3.05) is 18.8 Å². The summed E-state index contributed by atoms with van der Waals surface area (Å²) in [5.41, 5.74) is 7.78. The molecule has 1 aliphatic rings. The Morgan fingerprint density at radius 3 is 2.91 bits per heavy atom. The molecule has 1 aromatic heterocycles. The lowest BCUT2D eigenvalue weighted by Gasteiger charge is -2.34. The smallest absolute Gasteiger partial charge is 0.410 e. The summed E-state index contributed by atoms with van der Waals surface area (Å²) >= 11 is 0. The highest BCUT2D eigenvalue weighted by molar-refractivity contribution is 5.78.